The van der Waals surface area contributed by atoms with Crippen LogP contribution in [-0.2, 0) is 33.4 Å². The first-order chi connectivity index (χ1) is 10.8. The predicted octanol–water partition coefficient (Wildman–Crippen LogP) is -0.135. The van der Waals surface area contributed by atoms with Crippen molar-refractivity contribution in [2.24, 2.45) is 5.92 Å². The van der Waals surface area contributed by atoms with E-state index in [9.17, 15) is 28.4 Å². The summed E-state index contributed by atoms with van der Waals surface area (Å²) in [5.74, 6) is -10.1. The number of benzene rings is 1. The van der Waals surface area contributed by atoms with Gasteiger partial charge in [-0.25, -0.2) is 9.18 Å². The van der Waals surface area contributed by atoms with Crippen LogP contribution in [0.2, 0.25) is 0 Å². The van der Waals surface area contributed by atoms with E-state index < -0.39 is 41.1 Å². The molecule has 0 radical (unpaired) electrons. The Kier molecular flexibility index (Phi) is 6.07. The maximum atomic E-state index is 12.8. The van der Waals surface area contributed by atoms with Gasteiger partial charge < -0.3 is 14.8 Å². The molecule has 0 aliphatic rings. The van der Waals surface area contributed by atoms with Crippen LogP contribution < -0.4 is 5.32 Å². The van der Waals surface area contributed by atoms with Crippen molar-refractivity contribution in [3.63, 3.8) is 0 Å². The number of ketones is 2. The normalized spacial score (nSPS) is 11.1. The standard InChI is InChI=1S/C14H12FNO7/c1-22-13(20)9(11(18)14(21)23-2)10(17)12(19)16-8-5-3-7(15)4-6-8/h3-6,9H,1-2H3,(H,16,19)/t9-/m0/s1. The number of methoxy groups -OCH3 is 2. The minimum absolute atomic E-state index is 0.0545. The van der Waals surface area contributed by atoms with Crippen molar-refractivity contribution in [3.05, 3.63) is 30.1 Å². The number of ether oxygens (including phenoxy) is 2. The number of halogens is 1. The Hall–Kier alpha value is -3.10. The highest BCUT2D eigenvalue weighted by Gasteiger charge is 2.42. The zero-order valence-electron chi connectivity index (χ0n) is 12.1. The van der Waals surface area contributed by atoms with Crippen LogP contribution in [0.5, 0.6) is 0 Å². The molecule has 1 rings (SSSR count). The fourth-order valence-corrected chi connectivity index (χ4v) is 1.53. The van der Waals surface area contributed by atoms with E-state index in [1.807, 2.05) is 0 Å². The average Bonchev–Trinajstić information content (AvgIpc) is 2.55. The third kappa shape index (κ3) is 4.43. The molecule has 0 aliphatic heterocycles. The molecule has 1 aromatic carbocycles. The lowest BCUT2D eigenvalue weighted by Gasteiger charge is -2.11. The largest absolute Gasteiger partial charge is 0.468 e. The van der Waals surface area contributed by atoms with Crippen LogP contribution in [0.25, 0.3) is 0 Å². The molecule has 0 fully saturated rings. The summed E-state index contributed by atoms with van der Waals surface area (Å²) in [5, 5.41) is 2.07. The summed E-state index contributed by atoms with van der Waals surface area (Å²) < 4.78 is 21.1. The second kappa shape index (κ2) is 7.78. The summed E-state index contributed by atoms with van der Waals surface area (Å²) in [5.41, 5.74) is 0.0545. The number of carbonyl (C=O) groups excluding carboxylic acids is 5. The van der Waals surface area contributed by atoms with Crippen LogP contribution in [0.1, 0.15) is 0 Å². The summed E-state index contributed by atoms with van der Waals surface area (Å²) in [4.78, 5) is 58.2. The number of hydrogen-bond acceptors (Lipinski definition) is 7. The Bertz CT molecular complexity index is 654. The number of esters is 2. The van der Waals surface area contributed by atoms with Crippen LogP contribution in [0.15, 0.2) is 24.3 Å². The van der Waals surface area contributed by atoms with Crippen molar-refractivity contribution in [3.8, 4) is 0 Å². The Morgan fingerprint density at radius 3 is 2.00 bits per heavy atom. The first-order valence-corrected chi connectivity index (χ1v) is 6.12. The number of anilines is 1. The highest BCUT2D eigenvalue weighted by atomic mass is 19.1. The molecule has 1 atom stereocenters. The summed E-state index contributed by atoms with van der Waals surface area (Å²) in [6, 6.07) is 4.38. The molecule has 1 amide bonds. The molecule has 0 spiro atoms. The van der Waals surface area contributed by atoms with Gasteiger partial charge in [-0.05, 0) is 24.3 Å². The number of Topliss-reactive ketones (excluding diaryl/α,β-unsaturated/α-hetero) is 2. The first kappa shape index (κ1) is 18.0. The molecule has 0 aromatic heterocycles. The molecule has 23 heavy (non-hydrogen) atoms. The van der Waals surface area contributed by atoms with E-state index >= 15 is 0 Å². The molecule has 9 heteroatoms. The van der Waals surface area contributed by atoms with Crippen molar-refractivity contribution in [1.82, 2.24) is 0 Å². The maximum absolute atomic E-state index is 12.8. The predicted molar refractivity (Wildman–Crippen MR) is 72.6 cm³/mol. The molecule has 0 bridgehead atoms. The number of carbonyl (C=O) groups is 5. The Morgan fingerprint density at radius 1 is 0.957 bits per heavy atom. The maximum Gasteiger partial charge on any atom is 0.375 e. The number of nitrogens with one attached hydrogen (secondary N) is 1. The molecule has 0 saturated heterocycles. The van der Waals surface area contributed by atoms with E-state index in [0.29, 0.717) is 0 Å². The van der Waals surface area contributed by atoms with E-state index in [0.717, 1.165) is 38.5 Å². The van der Waals surface area contributed by atoms with Gasteiger partial charge >= 0.3 is 11.9 Å². The van der Waals surface area contributed by atoms with E-state index in [-0.39, 0.29) is 5.69 Å². The number of rotatable bonds is 6. The van der Waals surface area contributed by atoms with Gasteiger partial charge in [0.15, 0.2) is 5.92 Å². The van der Waals surface area contributed by atoms with E-state index in [1.54, 1.807) is 0 Å². The molecule has 0 aliphatic carbocycles. The molecule has 0 saturated carbocycles. The lowest BCUT2D eigenvalue weighted by Crippen LogP contribution is -2.42. The summed E-state index contributed by atoms with van der Waals surface area (Å²) in [6.07, 6.45) is 0. The molecular weight excluding hydrogens is 313 g/mol. The van der Waals surface area contributed by atoms with Crippen molar-refractivity contribution in [1.29, 1.82) is 0 Å². The molecule has 0 unspecified atom stereocenters. The summed E-state index contributed by atoms with van der Waals surface area (Å²) in [7, 11) is 1.75. The topological polar surface area (TPSA) is 116 Å². The van der Waals surface area contributed by atoms with Crippen LogP contribution in [-0.4, -0.2) is 43.6 Å². The lowest BCUT2D eigenvalue weighted by molar-refractivity contribution is -0.163. The second-order valence-corrected chi connectivity index (χ2v) is 4.14. The smallest absolute Gasteiger partial charge is 0.375 e. The van der Waals surface area contributed by atoms with E-state index in [4.69, 9.17) is 0 Å². The molecule has 1 N–H and O–H groups in total. The highest BCUT2D eigenvalue weighted by molar-refractivity contribution is 6.54. The molecule has 122 valence electrons. The van der Waals surface area contributed by atoms with E-state index in [2.05, 4.69) is 14.8 Å². The number of hydrogen-bond donors (Lipinski definition) is 1. The molecule has 0 heterocycles. The lowest BCUT2D eigenvalue weighted by atomic mass is 9.98. The summed E-state index contributed by atoms with van der Waals surface area (Å²) in [6.45, 7) is 0. The second-order valence-electron chi connectivity index (χ2n) is 4.14. The van der Waals surface area contributed by atoms with Crippen molar-refractivity contribution in [2.75, 3.05) is 19.5 Å². The molecule has 8 nitrogen and oxygen atoms in total. The Balaban J connectivity index is 2.97. The minimum Gasteiger partial charge on any atom is -0.468 e. The minimum atomic E-state index is -2.27. The van der Waals surface area contributed by atoms with Gasteiger partial charge in [0.05, 0.1) is 14.2 Å². The molecular formula is C14H12FNO7. The molecule has 1 aromatic rings. The monoisotopic (exact) mass is 325 g/mol. The quantitative estimate of drug-likeness (QED) is 0.440. The van der Waals surface area contributed by atoms with Crippen LogP contribution in [0.4, 0.5) is 10.1 Å². The third-order valence-electron chi connectivity index (χ3n) is 2.67. The summed E-state index contributed by atoms with van der Waals surface area (Å²) >= 11 is 0. The van der Waals surface area contributed by atoms with Crippen molar-refractivity contribution >= 4 is 35.1 Å². The van der Waals surface area contributed by atoms with E-state index in [1.165, 1.54) is 0 Å². The van der Waals surface area contributed by atoms with Crippen LogP contribution >= 0.6 is 0 Å². The fourth-order valence-electron chi connectivity index (χ4n) is 1.53. The van der Waals surface area contributed by atoms with Crippen molar-refractivity contribution in [2.45, 2.75) is 0 Å². The van der Waals surface area contributed by atoms with Crippen LogP contribution in [0, 0.1) is 11.7 Å². The zero-order chi connectivity index (χ0) is 17.6. The van der Waals surface area contributed by atoms with Gasteiger partial charge in [-0.3, -0.25) is 19.2 Å². The Labute approximate surface area is 129 Å². The van der Waals surface area contributed by atoms with Gasteiger partial charge in [-0.15, -0.1) is 0 Å². The van der Waals surface area contributed by atoms with Crippen molar-refractivity contribution < 1.29 is 37.8 Å². The first-order valence-electron chi connectivity index (χ1n) is 6.12. The van der Waals surface area contributed by atoms with Crippen LogP contribution in [0.3, 0.4) is 0 Å². The van der Waals surface area contributed by atoms with Gasteiger partial charge in [0.1, 0.15) is 5.82 Å². The zero-order valence-corrected chi connectivity index (χ0v) is 12.1. The Morgan fingerprint density at radius 2 is 1.52 bits per heavy atom. The van der Waals surface area contributed by atoms with Gasteiger partial charge in [-0.1, -0.05) is 0 Å². The van der Waals surface area contributed by atoms with Gasteiger partial charge in [0, 0.05) is 5.69 Å². The highest BCUT2D eigenvalue weighted by Crippen LogP contribution is 2.11. The van der Waals surface area contributed by atoms with Gasteiger partial charge in [0.2, 0.25) is 5.78 Å². The number of amides is 1. The fraction of sp³-hybridized carbons (Fsp3) is 0.214. The van der Waals surface area contributed by atoms with Gasteiger partial charge in [0.25, 0.3) is 11.7 Å². The third-order valence-corrected chi connectivity index (χ3v) is 2.67. The average molecular weight is 325 g/mol. The SMILES string of the molecule is COC(=O)C(=O)[C@@H](C(=O)OC)C(=O)C(=O)Nc1ccc(F)cc1. The van der Waals surface area contributed by atoms with Gasteiger partial charge in [-0.2, -0.15) is 0 Å².